The minimum Gasteiger partial charge on any atom is -0.506 e. The first-order valence-corrected chi connectivity index (χ1v) is 12.0. The minimum absolute atomic E-state index is 0.0959. The number of rotatable bonds is 11. The minimum atomic E-state index is -1.07. The van der Waals surface area contributed by atoms with Crippen LogP contribution < -0.4 is 5.32 Å². The number of aliphatic carboxylic acids is 1. The molecule has 2 aromatic carbocycles. The number of carboxylic acid groups (broad SMARTS) is 1. The van der Waals surface area contributed by atoms with Gasteiger partial charge in [-0.25, -0.2) is 9.59 Å². The zero-order valence-electron chi connectivity index (χ0n) is 18.6. The van der Waals surface area contributed by atoms with Gasteiger partial charge in [-0.3, -0.25) is 10.1 Å². The number of phenolic OH excluding ortho intramolecular Hbond substituents is 1. The van der Waals surface area contributed by atoms with Gasteiger partial charge in [-0.15, -0.1) is 0 Å². The summed E-state index contributed by atoms with van der Waals surface area (Å²) in [5.41, 5.74) is 1.24. The van der Waals surface area contributed by atoms with Crippen LogP contribution in [0.25, 0.3) is 0 Å². The van der Waals surface area contributed by atoms with Crippen molar-refractivity contribution in [1.82, 2.24) is 0 Å². The summed E-state index contributed by atoms with van der Waals surface area (Å²) in [6.45, 7) is 3.53. The fraction of sp³-hybridized carbons (Fsp3) is 0.292. The molecular formula is C24H25Br2NO7. The highest BCUT2D eigenvalue weighted by Gasteiger charge is 2.31. The number of amides is 1. The topological polar surface area (TPSA) is 122 Å². The van der Waals surface area contributed by atoms with Crippen LogP contribution in [-0.4, -0.2) is 40.8 Å². The van der Waals surface area contributed by atoms with E-state index in [0.29, 0.717) is 45.2 Å². The van der Waals surface area contributed by atoms with Gasteiger partial charge in [0.05, 0.1) is 10.6 Å². The third-order valence-corrected chi connectivity index (χ3v) is 5.80. The summed E-state index contributed by atoms with van der Waals surface area (Å²) in [5.74, 6) is -1.27. The maximum Gasteiger partial charge on any atom is 0.412 e. The molecule has 3 N–H and O–H groups in total. The van der Waals surface area contributed by atoms with Gasteiger partial charge in [0.25, 0.3) is 0 Å². The second-order valence-electron chi connectivity index (χ2n) is 7.22. The van der Waals surface area contributed by atoms with E-state index >= 15 is 0 Å². The van der Waals surface area contributed by atoms with Crippen LogP contribution in [0.15, 0.2) is 57.5 Å². The summed E-state index contributed by atoms with van der Waals surface area (Å²) >= 11 is 6.67. The maximum atomic E-state index is 12.8. The molecule has 2 rings (SSSR count). The van der Waals surface area contributed by atoms with Crippen molar-refractivity contribution in [1.29, 1.82) is 0 Å². The lowest BCUT2D eigenvalue weighted by atomic mass is 9.99. The van der Waals surface area contributed by atoms with Crippen LogP contribution in [0.5, 0.6) is 5.75 Å². The number of hydrogen-bond donors (Lipinski definition) is 3. The molecule has 0 heterocycles. The fourth-order valence-electron chi connectivity index (χ4n) is 3.17. The van der Waals surface area contributed by atoms with E-state index in [0.717, 1.165) is 6.08 Å². The highest BCUT2D eigenvalue weighted by Crippen LogP contribution is 2.39. The predicted molar refractivity (Wildman–Crippen MR) is 134 cm³/mol. The molecule has 0 aliphatic heterocycles. The fourth-order valence-corrected chi connectivity index (χ4v) is 4.43. The Labute approximate surface area is 214 Å². The van der Waals surface area contributed by atoms with Crippen LogP contribution in [0.1, 0.15) is 48.7 Å². The number of anilines is 1. The van der Waals surface area contributed by atoms with Gasteiger partial charge < -0.3 is 19.7 Å². The van der Waals surface area contributed by atoms with Crippen molar-refractivity contribution in [2.45, 2.75) is 38.9 Å². The largest absolute Gasteiger partial charge is 0.506 e. The smallest absolute Gasteiger partial charge is 0.412 e. The van der Waals surface area contributed by atoms with E-state index < -0.39 is 24.3 Å². The van der Waals surface area contributed by atoms with Crippen molar-refractivity contribution in [3.63, 3.8) is 0 Å². The molecule has 182 valence electrons. The molecule has 2 atom stereocenters. The zero-order chi connectivity index (χ0) is 25.3. The van der Waals surface area contributed by atoms with Gasteiger partial charge in [-0.05, 0) is 79.0 Å². The summed E-state index contributed by atoms with van der Waals surface area (Å²) in [7, 11) is 0. The normalized spacial score (nSPS) is 12.8. The molecule has 1 amide bonds. The average molecular weight is 599 g/mol. The molecule has 8 nitrogen and oxygen atoms in total. The number of carbonyl (C=O) groups is 3. The number of hydrogen-bond acceptors (Lipinski definition) is 6. The number of benzene rings is 2. The van der Waals surface area contributed by atoms with Gasteiger partial charge in [-0.1, -0.05) is 22.0 Å². The van der Waals surface area contributed by atoms with Crippen LogP contribution in [0.4, 0.5) is 10.5 Å². The van der Waals surface area contributed by atoms with E-state index in [-0.39, 0.29) is 11.5 Å². The maximum absolute atomic E-state index is 12.8. The number of Topliss-reactive ketones (excluding diaryl/α,β-unsaturated/α-hetero) is 1. The molecule has 0 aromatic heterocycles. The molecule has 0 spiro atoms. The number of carboxylic acids is 1. The lowest BCUT2D eigenvalue weighted by Crippen LogP contribution is -2.29. The van der Waals surface area contributed by atoms with Gasteiger partial charge in [0.2, 0.25) is 0 Å². The number of aromatic hydroxyl groups is 1. The summed E-state index contributed by atoms with van der Waals surface area (Å²) in [6, 6.07) is 9.61. The Kier molecular flexibility index (Phi) is 10.7. The second-order valence-corrected chi connectivity index (χ2v) is 8.99. The van der Waals surface area contributed by atoms with Crippen molar-refractivity contribution < 1.29 is 34.1 Å². The first kappa shape index (κ1) is 27.6. The van der Waals surface area contributed by atoms with E-state index in [4.69, 9.17) is 14.6 Å². The van der Waals surface area contributed by atoms with Crippen molar-refractivity contribution in [2.75, 3.05) is 11.9 Å². The summed E-state index contributed by atoms with van der Waals surface area (Å²) in [5, 5.41) is 22.1. The summed E-state index contributed by atoms with van der Waals surface area (Å²) in [4.78, 5) is 35.0. The van der Waals surface area contributed by atoms with Gasteiger partial charge in [-0.2, -0.15) is 0 Å². The molecule has 10 heteroatoms. The van der Waals surface area contributed by atoms with Crippen LogP contribution >= 0.6 is 31.9 Å². The van der Waals surface area contributed by atoms with E-state index in [1.807, 2.05) is 0 Å². The number of carbonyl (C=O) groups excluding carboxylic acids is 2. The van der Waals surface area contributed by atoms with Gasteiger partial charge in [0.15, 0.2) is 11.9 Å². The molecule has 0 saturated heterocycles. The molecule has 2 aromatic rings. The van der Waals surface area contributed by atoms with Crippen LogP contribution in [0.2, 0.25) is 0 Å². The Balaban J connectivity index is 2.32. The number of ketones is 1. The number of nitrogens with one attached hydrogen (secondary N) is 1. The second kappa shape index (κ2) is 13.3. The molecule has 0 unspecified atom stereocenters. The number of phenols is 1. The molecule has 34 heavy (non-hydrogen) atoms. The van der Waals surface area contributed by atoms with Crippen molar-refractivity contribution in [3.05, 3.63) is 68.6 Å². The Morgan fingerprint density at radius 1 is 1.15 bits per heavy atom. The molecule has 0 radical (unpaired) electrons. The Morgan fingerprint density at radius 2 is 1.82 bits per heavy atom. The molecule has 0 fully saturated rings. The number of halogens is 2. The zero-order valence-corrected chi connectivity index (χ0v) is 21.8. The number of ether oxygens (including phenoxy) is 2. The molecular weight excluding hydrogens is 574 g/mol. The summed E-state index contributed by atoms with van der Waals surface area (Å²) in [6.07, 6.45) is 0.710. The highest BCUT2D eigenvalue weighted by molar-refractivity contribution is 9.11. The van der Waals surface area contributed by atoms with E-state index in [9.17, 15) is 19.5 Å². The first-order chi connectivity index (χ1) is 16.1. The van der Waals surface area contributed by atoms with Gasteiger partial charge in [0.1, 0.15) is 5.75 Å². The van der Waals surface area contributed by atoms with Gasteiger partial charge >= 0.3 is 12.1 Å². The van der Waals surface area contributed by atoms with Crippen LogP contribution in [-0.2, 0) is 14.3 Å². The molecule has 0 aliphatic rings. The molecule has 0 aliphatic carbocycles. The molecule has 0 saturated carbocycles. The Morgan fingerprint density at radius 3 is 2.41 bits per heavy atom. The molecule has 0 bridgehead atoms. The Hall–Kier alpha value is -2.69. The van der Waals surface area contributed by atoms with E-state index in [1.54, 1.807) is 43.3 Å². The third-order valence-electron chi connectivity index (χ3n) is 4.73. The number of allylic oxidation sites excluding steroid dienone is 1. The third kappa shape index (κ3) is 8.27. The summed E-state index contributed by atoms with van der Waals surface area (Å²) < 4.78 is 12.6. The van der Waals surface area contributed by atoms with Gasteiger partial charge in [0, 0.05) is 34.0 Å². The first-order valence-electron chi connectivity index (χ1n) is 10.4. The lowest BCUT2D eigenvalue weighted by molar-refractivity contribution is -0.131. The van der Waals surface area contributed by atoms with Crippen molar-refractivity contribution >= 4 is 55.4 Å². The quantitative estimate of drug-likeness (QED) is 0.207. The monoisotopic (exact) mass is 597 g/mol. The SMILES string of the molecule is CCO[C@H](CC/C=C/C(=O)O)[C@H](OC(=O)Nc1ccc(C(C)=O)cc1)c1cc(Br)cc(Br)c1O. The lowest BCUT2D eigenvalue weighted by Gasteiger charge is -2.28. The standard InChI is InChI=1S/C24H25Br2NO7/c1-3-33-20(6-4-5-7-21(29)30)23(18-12-16(25)13-19(26)22(18)31)34-24(32)27-17-10-8-15(9-11-17)14(2)28/h5,7-13,20,23,31H,3-4,6H2,1-2H3,(H,27,32)(H,29,30)/b7-5+/t20-,23-/m1/s1. The van der Waals surface area contributed by atoms with Crippen LogP contribution in [0.3, 0.4) is 0 Å². The average Bonchev–Trinajstić information content (AvgIpc) is 2.77. The highest BCUT2D eigenvalue weighted by atomic mass is 79.9. The van der Waals surface area contributed by atoms with Crippen molar-refractivity contribution in [3.8, 4) is 5.75 Å². The van der Waals surface area contributed by atoms with E-state index in [1.165, 1.54) is 13.0 Å². The predicted octanol–water partition coefficient (Wildman–Crippen LogP) is 6.24. The van der Waals surface area contributed by atoms with Crippen molar-refractivity contribution in [2.24, 2.45) is 0 Å². The van der Waals surface area contributed by atoms with E-state index in [2.05, 4.69) is 37.2 Å². The Bertz CT molecular complexity index is 1050. The van der Waals surface area contributed by atoms with Crippen LogP contribution in [0, 0.1) is 0 Å².